The van der Waals surface area contributed by atoms with Crippen molar-refractivity contribution in [2.45, 2.75) is 261 Å². The first-order valence-electron chi connectivity index (χ1n) is 33.3. The van der Waals surface area contributed by atoms with E-state index in [0.29, 0.717) is 0 Å². The van der Waals surface area contributed by atoms with Gasteiger partial charge in [-0.3, -0.25) is 0 Å². The van der Waals surface area contributed by atoms with Crippen LogP contribution in [0.2, 0.25) is 0 Å². The van der Waals surface area contributed by atoms with Crippen molar-refractivity contribution < 1.29 is 0 Å². The van der Waals surface area contributed by atoms with E-state index in [0.717, 1.165) is 74.1 Å². The van der Waals surface area contributed by atoms with Gasteiger partial charge < -0.3 is 9.97 Å². The van der Waals surface area contributed by atoms with Gasteiger partial charge in [-0.25, -0.2) is 9.97 Å². The van der Waals surface area contributed by atoms with Gasteiger partial charge in [-0.1, -0.05) is 207 Å². The summed E-state index contributed by atoms with van der Waals surface area (Å²) in [5.74, 6) is 0. The van der Waals surface area contributed by atoms with Crippen LogP contribution < -0.4 is 0 Å². The van der Waals surface area contributed by atoms with Crippen molar-refractivity contribution in [3.8, 4) is 45.0 Å². The third kappa shape index (κ3) is 13.4. The molecule has 3 aromatic heterocycles. The van der Waals surface area contributed by atoms with E-state index in [9.17, 15) is 0 Å². The van der Waals surface area contributed by atoms with E-state index >= 15 is 0 Å². The number of aromatic nitrogens is 4. The number of nitrogens with zero attached hydrogens (tertiary/aromatic N) is 2. The maximum absolute atomic E-state index is 6.01. The molecule has 9 rings (SSSR count). The summed E-state index contributed by atoms with van der Waals surface area (Å²) in [7, 11) is 0. The molecule has 0 aliphatic carbocycles. The first-order valence-corrected chi connectivity index (χ1v) is 33.3. The summed E-state index contributed by atoms with van der Waals surface area (Å²) in [6.07, 6.45) is 37.5. The molecule has 0 saturated heterocycles. The highest BCUT2D eigenvalue weighted by molar-refractivity contribution is 6.15. The van der Waals surface area contributed by atoms with E-state index in [4.69, 9.17) is 9.97 Å². The molecule has 2 aliphatic rings. The Kier molecular flexibility index (Phi) is 21.8. The van der Waals surface area contributed by atoms with Crippen LogP contribution in [-0.2, 0) is 51.4 Å². The van der Waals surface area contributed by atoms with Crippen LogP contribution in [0.4, 0.5) is 0 Å². The van der Waals surface area contributed by atoms with Crippen molar-refractivity contribution in [2.75, 3.05) is 0 Å². The van der Waals surface area contributed by atoms with E-state index in [1.54, 1.807) is 0 Å². The van der Waals surface area contributed by atoms with E-state index in [-0.39, 0.29) is 0 Å². The van der Waals surface area contributed by atoms with E-state index in [1.807, 2.05) is 0 Å². The van der Waals surface area contributed by atoms with Crippen molar-refractivity contribution in [3.05, 3.63) is 117 Å². The summed E-state index contributed by atoms with van der Waals surface area (Å²) in [5.41, 5.74) is 26.4. The lowest BCUT2D eigenvalue weighted by molar-refractivity contribution is 0.713. The number of aromatic amines is 2. The van der Waals surface area contributed by atoms with Crippen LogP contribution in [0.5, 0.6) is 0 Å². The highest BCUT2D eigenvalue weighted by Crippen LogP contribution is 2.48. The highest BCUT2D eigenvalue weighted by atomic mass is 14.8. The zero-order chi connectivity index (χ0) is 55.8. The number of hydrogen-bond acceptors (Lipinski definition) is 2. The SMILES string of the molecule is CCCCCc1ccc(CCCCC)c2c1-c1cc3nc(cc4[nH]c(cc5[nH]c(cc-2n1)c1c(CCCCC)ccc(CCCCC)c51)c1c(CCCCC)ccc(CCCCC)c41)-c1c(CCCCC)ccc(CCCCC)c1-3. The fourth-order valence-electron chi connectivity index (χ4n) is 13.8. The number of fused-ring (bicyclic) bond motifs is 20. The monoisotopic (exact) mass is 1070 g/mol. The van der Waals surface area contributed by atoms with Gasteiger partial charge in [0.15, 0.2) is 0 Å². The Balaban J connectivity index is 1.51. The predicted octanol–water partition coefficient (Wildman–Crippen LogP) is 23.2. The Hall–Kier alpha value is -5.48. The van der Waals surface area contributed by atoms with Crippen LogP contribution in [0.1, 0.15) is 254 Å². The Morgan fingerprint density at radius 1 is 0.237 bits per heavy atom. The molecule has 2 aliphatic heterocycles. The summed E-state index contributed by atoms with van der Waals surface area (Å²) in [6, 6.07) is 30.1. The standard InChI is InChI=1S/C76H102N4/c1-9-17-25-33-53-41-42-54(34-26-18-10-2)70-62-50-64-72-56(36-28-20-12-4)45-46-58(38-30-22-14-6)74(72)66(79-64)52-68-76-60(40-32-24-16-8)48-47-59(39-31-23-15-7)75(76)67(80-68)51-65-73-57(37-29-21-13-5)44-43-55(35-27-19-11-3)71(73)63(78-65)49-61(77-62)69(53)70/h41-52,77-78H,9-40H2,1-8H3. The van der Waals surface area contributed by atoms with Crippen molar-refractivity contribution in [2.24, 2.45) is 0 Å². The Labute approximate surface area is 484 Å². The lowest BCUT2D eigenvalue weighted by Gasteiger charge is -2.15. The maximum Gasteiger partial charge on any atom is 0.0740 e. The molecular weight excluding hydrogens is 969 g/mol. The van der Waals surface area contributed by atoms with Crippen LogP contribution >= 0.6 is 0 Å². The van der Waals surface area contributed by atoms with E-state index in [1.165, 1.54) is 264 Å². The molecule has 426 valence electrons. The second-order valence-corrected chi connectivity index (χ2v) is 24.4. The lowest BCUT2D eigenvalue weighted by atomic mass is 9.87. The van der Waals surface area contributed by atoms with Crippen LogP contribution in [0.3, 0.4) is 0 Å². The minimum absolute atomic E-state index is 1.06. The number of nitrogens with one attached hydrogen (secondary N) is 2. The molecule has 0 atom stereocenters. The van der Waals surface area contributed by atoms with Gasteiger partial charge in [-0.05, 0) is 172 Å². The van der Waals surface area contributed by atoms with E-state index < -0.39 is 0 Å². The first-order chi connectivity index (χ1) is 39.4. The highest BCUT2D eigenvalue weighted by Gasteiger charge is 2.29. The number of benzene rings is 4. The largest absolute Gasteiger partial charge is 0.354 e. The summed E-state index contributed by atoms with van der Waals surface area (Å²) in [6.45, 7) is 18.7. The molecule has 5 heterocycles. The molecule has 2 N–H and O–H groups in total. The molecule has 0 amide bonds. The van der Waals surface area contributed by atoms with Gasteiger partial charge in [-0.2, -0.15) is 0 Å². The second kappa shape index (κ2) is 29.5. The number of hydrogen-bond donors (Lipinski definition) is 2. The smallest absolute Gasteiger partial charge is 0.0740 e. The number of unbranched alkanes of at least 4 members (excludes halogenated alkanes) is 16. The van der Waals surface area contributed by atoms with Gasteiger partial charge in [0.05, 0.1) is 22.8 Å². The van der Waals surface area contributed by atoms with Crippen LogP contribution in [0.15, 0.2) is 72.8 Å². The molecule has 8 bridgehead atoms. The summed E-state index contributed by atoms with van der Waals surface area (Å²) in [4.78, 5) is 20.6. The van der Waals surface area contributed by atoms with Crippen LogP contribution in [-0.4, -0.2) is 19.9 Å². The first kappa shape index (κ1) is 59.2. The average molecular weight is 1070 g/mol. The van der Waals surface area contributed by atoms with Gasteiger partial charge >= 0.3 is 0 Å². The van der Waals surface area contributed by atoms with Gasteiger partial charge in [0.1, 0.15) is 0 Å². The number of rotatable bonds is 32. The Morgan fingerprint density at radius 3 is 0.675 bits per heavy atom. The summed E-state index contributed by atoms with van der Waals surface area (Å²) >= 11 is 0. The third-order valence-electron chi connectivity index (χ3n) is 18.2. The molecule has 0 saturated carbocycles. The molecule has 4 heteroatoms. The average Bonchev–Trinajstić information content (AvgIpc) is 4.37. The van der Waals surface area contributed by atoms with Gasteiger partial charge in [0, 0.05) is 65.9 Å². The topological polar surface area (TPSA) is 57.4 Å². The zero-order valence-corrected chi connectivity index (χ0v) is 51.5. The lowest BCUT2D eigenvalue weighted by Crippen LogP contribution is -1.97. The van der Waals surface area contributed by atoms with Gasteiger partial charge in [0.2, 0.25) is 0 Å². The molecule has 0 fully saturated rings. The Morgan fingerprint density at radius 2 is 0.438 bits per heavy atom. The third-order valence-corrected chi connectivity index (χ3v) is 18.2. The molecule has 0 radical (unpaired) electrons. The Bertz CT molecular complexity index is 3120. The second-order valence-electron chi connectivity index (χ2n) is 24.4. The summed E-state index contributed by atoms with van der Waals surface area (Å²) < 4.78 is 0. The molecular formula is C76H102N4. The molecule has 4 nitrogen and oxygen atoms in total. The van der Waals surface area contributed by atoms with Crippen molar-refractivity contribution in [3.63, 3.8) is 0 Å². The van der Waals surface area contributed by atoms with Crippen LogP contribution in [0.25, 0.3) is 88.6 Å². The minimum atomic E-state index is 1.06. The van der Waals surface area contributed by atoms with Crippen LogP contribution in [0, 0.1) is 0 Å². The van der Waals surface area contributed by atoms with Crippen molar-refractivity contribution in [1.82, 2.24) is 19.9 Å². The molecule has 4 aromatic carbocycles. The zero-order valence-electron chi connectivity index (χ0n) is 51.5. The predicted molar refractivity (Wildman–Crippen MR) is 351 cm³/mol. The van der Waals surface area contributed by atoms with Crippen molar-refractivity contribution >= 4 is 43.6 Å². The normalized spacial score (nSPS) is 12.1. The van der Waals surface area contributed by atoms with Gasteiger partial charge in [0.25, 0.3) is 0 Å². The van der Waals surface area contributed by atoms with E-state index in [2.05, 4.69) is 138 Å². The fraction of sp³-hybridized carbons (Fsp3) is 0.526. The van der Waals surface area contributed by atoms with Crippen molar-refractivity contribution in [1.29, 1.82) is 0 Å². The summed E-state index contributed by atoms with van der Waals surface area (Å²) in [5, 5.41) is 5.64. The number of aryl methyl sites for hydroxylation is 8. The van der Waals surface area contributed by atoms with Gasteiger partial charge in [-0.15, -0.1) is 0 Å². The quantitative estimate of drug-likeness (QED) is 0.0413. The molecule has 0 spiro atoms. The number of H-pyrrole nitrogens is 2. The minimum Gasteiger partial charge on any atom is -0.354 e. The maximum atomic E-state index is 6.01. The fourth-order valence-corrected chi connectivity index (χ4v) is 13.8. The molecule has 80 heavy (non-hydrogen) atoms. The molecule has 0 unspecified atom stereocenters. The molecule has 7 aromatic rings.